The molecule has 0 bridgehead atoms. The quantitative estimate of drug-likeness (QED) is 0.164. The molecule has 61 heavy (non-hydrogen) atoms. The van der Waals surface area contributed by atoms with Crippen LogP contribution in [0, 0.1) is 0 Å². The third-order valence-electron chi connectivity index (χ3n) is 12.7. The maximum atomic E-state index is 2.42. The molecule has 0 N–H and O–H groups in total. The second kappa shape index (κ2) is 13.4. The van der Waals surface area contributed by atoms with Gasteiger partial charge in [0.25, 0.3) is 0 Å². The first kappa shape index (κ1) is 34.2. The second-order valence-corrected chi connectivity index (χ2v) is 17.1. The van der Waals surface area contributed by atoms with Crippen LogP contribution in [0.25, 0.3) is 119 Å². The molecule has 0 amide bonds. The molecule has 3 aromatic heterocycles. The predicted molar refractivity (Wildman–Crippen MR) is 262 cm³/mol. The summed E-state index contributed by atoms with van der Waals surface area (Å²) in [6.45, 7) is 0. The predicted octanol–water partition coefficient (Wildman–Crippen LogP) is 16.4. The van der Waals surface area contributed by atoms with Crippen molar-refractivity contribution in [1.82, 2.24) is 9.13 Å². The number of benzene rings is 10. The van der Waals surface area contributed by atoms with E-state index in [4.69, 9.17) is 0 Å². The van der Waals surface area contributed by atoms with Crippen LogP contribution >= 0.6 is 11.3 Å². The molecule has 3 heteroatoms. The average Bonchev–Trinajstić information content (AvgIpc) is 3.99. The molecule has 0 aliphatic heterocycles. The Bertz CT molecular complexity index is 3860. The molecule has 13 rings (SSSR count). The summed E-state index contributed by atoms with van der Waals surface area (Å²) in [5.41, 5.74) is 14.6. The summed E-state index contributed by atoms with van der Waals surface area (Å²) in [6.07, 6.45) is 0. The molecule has 0 aliphatic rings. The molecule has 3 heterocycles. The molecule has 0 spiro atoms. The fourth-order valence-corrected chi connectivity index (χ4v) is 11.2. The molecule has 0 unspecified atom stereocenters. The van der Waals surface area contributed by atoms with Crippen LogP contribution in [0.5, 0.6) is 0 Å². The molecule has 0 fully saturated rings. The Balaban J connectivity index is 0.915. The number of rotatable bonds is 5. The normalized spacial score (nSPS) is 11.9. The van der Waals surface area contributed by atoms with Gasteiger partial charge in [-0.3, -0.25) is 0 Å². The molecule has 2 nitrogen and oxygen atoms in total. The van der Waals surface area contributed by atoms with Crippen molar-refractivity contribution in [2.75, 3.05) is 0 Å². The van der Waals surface area contributed by atoms with Gasteiger partial charge in [-0.2, -0.15) is 0 Å². The second-order valence-electron chi connectivity index (χ2n) is 16.0. The first-order chi connectivity index (χ1) is 30.3. The SMILES string of the molecule is c1ccc(-n2c3ccccc3c3cc(-c4ccc(-c5ccc6c(c5)c5ccccc5n6-c5ccc(-c6cccc7c6sc6ccccc67)cc5)c5ccccc45)ccc32)cc1. The third-order valence-corrected chi connectivity index (χ3v) is 14.0. The Morgan fingerprint density at radius 1 is 0.262 bits per heavy atom. The van der Waals surface area contributed by atoms with Crippen LogP contribution in [0.3, 0.4) is 0 Å². The van der Waals surface area contributed by atoms with E-state index >= 15 is 0 Å². The van der Waals surface area contributed by atoms with E-state index in [2.05, 4.69) is 228 Å². The minimum Gasteiger partial charge on any atom is -0.309 e. The zero-order valence-corrected chi connectivity index (χ0v) is 33.9. The minimum atomic E-state index is 1.16. The van der Waals surface area contributed by atoms with E-state index in [1.807, 2.05) is 11.3 Å². The highest BCUT2D eigenvalue weighted by Crippen LogP contribution is 2.43. The summed E-state index contributed by atoms with van der Waals surface area (Å²) < 4.78 is 7.47. The highest BCUT2D eigenvalue weighted by Gasteiger charge is 2.18. The zero-order valence-electron chi connectivity index (χ0n) is 33.1. The summed E-state index contributed by atoms with van der Waals surface area (Å²) in [7, 11) is 0. The molecule has 284 valence electrons. The van der Waals surface area contributed by atoms with E-state index < -0.39 is 0 Å². The Labute approximate surface area is 356 Å². The highest BCUT2D eigenvalue weighted by molar-refractivity contribution is 7.26. The fraction of sp³-hybridized carbons (Fsp3) is 0. The van der Waals surface area contributed by atoms with Gasteiger partial charge in [0.2, 0.25) is 0 Å². The van der Waals surface area contributed by atoms with Crippen LogP contribution in [-0.2, 0) is 0 Å². The Morgan fingerprint density at radius 2 is 0.721 bits per heavy atom. The summed E-state index contributed by atoms with van der Waals surface area (Å²) in [6, 6.07) is 80.4. The summed E-state index contributed by atoms with van der Waals surface area (Å²) >= 11 is 1.88. The molecule has 0 saturated heterocycles. The number of hydrogen-bond donors (Lipinski definition) is 0. The van der Waals surface area contributed by atoms with Gasteiger partial charge < -0.3 is 9.13 Å². The van der Waals surface area contributed by atoms with Gasteiger partial charge in [-0.1, -0.05) is 152 Å². The van der Waals surface area contributed by atoms with Gasteiger partial charge >= 0.3 is 0 Å². The Hall–Kier alpha value is -7.72. The smallest absolute Gasteiger partial charge is 0.0541 e. The molecule has 0 aliphatic carbocycles. The standard InChI is InChI=1S/C58H36N2S/c1-2-13-40(14-3-1)59-53-22-9-6-17-47(53)51-35-38(27-33-55(51)59)42-31-32-43(46-16-5-4-15-45(42)46)39-28-34-56-52(36-39)48-18-7-10-23-54(48)60(56)41-29-25-37(26-30-41)44-20-12-21-50-49-19-8-11-24-57(49)61-58(44)50/h1-36H. The van der Waals surface area contributed by atoms with E-state index in [0.29, 0.717) is 0 Å². The maximum Gasteiger partial charge on any atom is 0.0541 e. The van der Waals surface area contributed by atoms with Crippen molar-refractivity contribution < 1.29 is 0 Å². The molecule has 0 atom stereocenters. The highest BCUT2D eigenvalue weighted by atomic mass is 32.1. The van der Waals surface area contributed by atoms with Crippen molar-refractivity contribution in [3.63, 3.8) is 0 Å². The first-order valence-electron chi connectivity index (χ1n) is 20.9. The van der Waals surface area contributed by atoms with Crippen molar-refractivity contribution in [2.45, 2.75) is 0 Å². The Kier molecular flexibility index (Phi) is 7.51. The van der Waals surface area contributed by atoms with Gasteiger partial charge in [-0.15, -0.1) is 11.3 Å². The van der Waals surface area contributed by atoms with Gasteiger partial charge in [0.1, 0.15) is 0 Å². The Morgan fingerprint density at radius 3 is 1.33 bits per heavy atom. The van der Waals surface area contributed by atoms with Crippen LogP contribution < -0.4 is 0 Å². The third kappa shape index (κ3) is 5.21. The minimum absolute atomic E-state index is 1.16. The van der Waals surface area contributed by atoms with Crippen molar-refractivity contribution in [2.24, 2.45) is 0 Å². The van der Waals surface area contributed by atoms with Crippen molar-refractivity contribution in [3.05, 3.63) is 218 Å². The lowest BCUT2D eigenvalue weighted by Gasteiger charge is -2.14. The van der Waals surface area contributed by atoms with Crippen molar-refractivity contribution >= 4 is 85.9 Å². The van der Waals surface area contributed by atoms with E-state index in [-0.39, 0.29) is 0 Å². The molecular formula is C58H36N2S. The van der Waals surface area contributed by atoms with E-state index in [1.165, 1.54) is 114 Å². The largest absolute Gasteiger partial charge is 0.309 e. The van der Waals surface area contributed by atoms with E-state index in [0.717, 1.165) is 5.69 Å². The van der Waals surface area contributed by atoms with E-state index in [9.17, 15) is 0 Å². The average molecular weight is 793 g/mol. The van der Waals surface area contributed by atoms with Crippen LogP contribution in [0.15, 0.2) is 218 Å². The van der Waals surface area contributed by atoms with Crippen LogP contribution in [0.4, 0.5) is 0 Å². The lowest BCUT2D eigenvalue weighted by Crippen LogP contribution is -1.94. The first-order valence-corrected chi connectivity index (χ1v) is 21.7. The number of nitrogens with zero attached hydrogens (tertiary/aromatic N) is 2. The lowest BCUT2D eigenvalue weighted by atomic mass is 9.91. The van der Waals surface area contributed by atoms with Crippen molar-refractivity contribution in [3.8, 4) is 44.8 Å². The van der Waals surface area contributed by atoms with E-state index in [1.54, 1.807) is 0 Å². The van der Waals surface area contributed by atoms with Gasteiger partial charge in [-0.25, -0.2) is 0 Å². The summed E-state index contributed by atoms with van der Waals surface area (Å²) in [5, 5.41) is 10.2. The monoisotopic (exact) mass is 792 g/mol. The van der Waals surface area contributed by atoms with Crippen LogP contribution in [-0.4, -0.2) is 9.13 Å². The number of fused-ring (bicyclic) bond motifs is 10. The molecular weight excluding hydrogens is 757 g/mol. The van der Waals surface area contributed by atoms with Gasteiger partial charge in [0.15, 0.2) is 0 Å². The summed E-state index contributed by atoms with van der Waals surface area (Å²) in [5.74, 6) is 0. The molecule has 10 aromatic carbocycles. The van der Waals surface area contributed by atoms with Gasteiger partial charge in [0.05, 0.1) is 22.1 Å². The molecule has 13 aromatic rings. The fourth-order valence-electron chi connectivity index (χ4n) is 9.98. The zero-order chi connectivity index (χ0) is 40.0. The van der Waals surface area contributed by atoms with Crippen LogP contribution in [0.1, 0.15) is 0 Å². The lowest BCUT2D eigenvalue weighted by molar-refractivity contribution is 1.18. The number of para-hydroxylation sites is 3. The van der Waals surface area contributed by atoms with Crippen LogP contribution in [0.2, 0.25) is 0 Å². The van der Waals surface area contributed by atoms with Crippen molar-refractivity contribution in [1.29, 1.82) is 0 Å². The van der Waals surface area contributed by atoms with Gasteiger partial charge in [-0.05, 0) is 111 Å². The summed E-state index contributed by atoms with van der Waals surface area (Å²) in [4.78, 5) is 0. The number of aromatic nitrogens is 2. The van der Waals surface area contributed by atoms with Gasteiger partial charge in [0, 0.05) is 53.1 Å². The number of hydrogen-bond acceptors (Lipinski definition) is 1. The number of thiophene rings is 1. The topological polar surface area (TPSA) is 9.86 Å². The maximum absolute atomic E-state index is 2.42. The molecule has 0 radical (unpaired) electrons. The molecule has 0 saturated carbocycles.